The summed E-state index contributed by atoms with van der Waals surface area (Å²) in [5.74, 6) is 2.07. The van der Waals surface area contributed by atoms with Crippen molar-refractivity contribution in [1.29, 1.82) is 0 Å². The molecule has 2 aromatic heterocycles. The highest BCUT2D eigenvalue weighted by Crippen LogP contribution is 2.39. The van der Waals surface area contributed by atoms with E-state index in [4.69, 9.17) is 14.6 Å². The summed E-state index contributed by atoms with van der Waals surface area (Å²) in [5, 5.41) is 8.03. The largest absolute Gasteiger partial charge is 0.493 e. The van der Waals surface area contributed by atoms with Gasteiger partial charge in [-0.15, -0.1) is 0 Å². The molecule has 3 heterocycles. The van der Waals surface area contributed by atoms with Crippen molar-refractivity contribution in [3.8, 4) is 23.0 Å². The molecule has 1 N–H and O–H groups in total. The quantitative estimate of drug-likeness (QED) is 0.282. The van der Waals surface area contributed by atoms with E-state index in [0.717, 1.165) is 39.6 Å². The molecule has 0 radical (unpaired) electrons. The summed E-state index contributed by atoms with van der Waals surface area (Å²) in [4.78, 5) is 16.1. The monoisotopic (exact) mass is 533 g/mol. The SMILES string of the molecule is COc1ccc(NC(=O)N2Cc3c(C)nn(-c4ccccc4)c3-n3cccc3[C@@H]2c2cccc(C)c2)cc1OC. The first-order valence-corrected chi connectivity index (χ1v) is 13.2. The number of rotatable bonds is 5. The lowest BCUT2D eigenvalue weighted by Gasteiger charge is -2.31. The second-order valence-corrected chi connectivity index (χ2v) is 9.88. The molecule has 5 aromatic rings. The minimum Gasteiger partial charge on any atom is -0.493 e. The highest BCUT2D eigenvalue weighted by molar-refractivity contribution is 5.90. The van der Waals surface area contributed by atoms with Crippen molar-refractivity contribution in [2.75, 3.05) is 19.5 Å². The van der Waals surface area contributed by atoms with Gasteiger partial charge >= 0.3 is 6.03 Å². The fourth-order valence-corrected chi connectivity index (χ4v) is 5.45. The lowest BCUT2D eigenvalue weighted by molar-refractivity contribution is 0.194. The van der Waals surface area contributed by atoms with Gasteiger partial charge in [-0.3, -0.25) is 0 Å². The number of carbonyl (C=O) groups excluding carboxylic acids is 1. The number of nitrogens with one attached hydrogen (secondary N) is 1. The number of para-hydroxylation sites is 1. The smallest absolute Gasteiger partial charge is 0.322 e. The first-order valence-electron chi connectivity index (χ1n) is 13.2. The van der Waals surface area contributed by atoms with Crippen LogP contribution in [0.5, 0.6) is 11.5 Å². The van der Waals surface area contributed by atoms with Crippen LogP contribution in [0, 0.1) is 13.8 Å². The molecule has 1 aliphatic rings. The van der Waals surface area contributed by atoms with Crippen LogP contribution in [0.3, 0.4) is 0 Å². The molecule has 0 spiro atoms. The van der Waals surface area contributed by atoms with Crippen molar-refractivity contribution in [3.63, 3.8) is 0 Å². The zero-order valence-electron chi connectivity index (χ0n) is 23.0. The number of methoxy groups -OCH3 is 2. The predicted octanol–water partition coefficient (Wildman–Crippen LogP) is 6.43. The van der Waals surface area contributed by atoms with E-state index in [1.54, 1.807) is 26.4 Å². The van der Waals surface area contributed by atoms with Crippen molar-refractivity contribution in [1.82, 2.24) is 19.2 Å². The zero-order chi connectivity index (χ0) is 27.8. The molecule has 0 saturated heterocycles. The number of benzene rings is 3. The van der Waals surface area contributed by atoms with Gasteiger partial charge in [0.2, 0.25) is 0 Å². The summed E-state index contributed by atoms with van der Waals surface area (Å²) in [5.41, 5.74) is 6.56. The summed E-state index contributed by atoms with van der Waals surface area (Å²) in [6.07, 6.45) is 2.05. The van der Waals surface area contributed by atoms with Gasteiger partial charge in [-0.25, -0.2) is 9.48 Å². The Bertz CT molecular complexity index is 1690. The van der Waals surface area contributed by atoms with Crippen LogP contribution in [0.15, 0.2) is 91.1 Å². The number of hydrogen-bond donors (Lipinski definition) is 1. The number of aryl methyl sites for hydroxylation is 2. The van der Waals surface area contributed by atoms with Crippen LogP contribution >= 0.6 is 0 Å². The molecule has 40 heavy (non-hydrogen) atoms. The highest BCUT2D eigenvalue weighted by atomic mass is 16.5. The van der Waals surface area contributed by atoms with Gasteiger partial charge in [-0.2, -0.15) is 5.10 Å². The van der Waals surface area contributed by atoms with E-state index in [2.05, 4.69) is 41.1 Å². The average molecular weight is 534 g/mol. The molecule has 0 aliphatic carbocycles. The number of anilines is 1. The number of carbonyl (C=O) groups is 1. The molecule has 3 aromatic carbocycles. The molecule has 0 fully saturated rings. The van der Waals surface area contributed by atoms with E-state index in [-0.39, 0.29) is 12.1 Å². The van der Waals surface area contributed by atoms with Gasteiger partial charge < -0.3 is 24.3 Å². The maximum atomic E-state index is 14.2. The first kappa shape index (κ1) is 25.3. The number of ether oxygens (including phenoxy) is 2. The van der Waals surface area contributed by atoms with Crippen molar-refractivity contribution in [2.24, 2.45) is 0 Å². The Kier molecular flexibility index (Phi) is 6.51. The molecule has 0 saturated carbocycles. The molecule has 1 atom stereocenters. The topological polar surface area (TPSA) is 73.5 Å². The Hall–Kier alpha value is -4.98. The molecule has 8 heteroatoms. The Morgan fingerprint density at radius 1 is 0.900 bits per heavy atom. The summed E-state index contributed by atoms with van der Waals surface area (Å²) in [6.45, 7) is 4.44. The minimum atomic E-state index is -0.342. The average Bonchev–Trinajstić information content (AvgIpc) is 3.53. The molecule has 202 valence electrons. The van der Waals surface area contributed by atoms with E-state index in [1.807, 2.05) is 71.2 Å². The standard InChI is InChI=1S/C32H31N5O3/c1-21-10-8-11-23(18-21)30-27-14-9-17-35(27)31-26(22(2)34-37(31)25-12-6-5-7-13-25)20-36(30)32(38)33-24-15-16-28(39-3)29(19-24)40-4/h5-19,30H,20H2,1-4H3,(H,33,38)/t30-/m0/s1. The number of amides is 2. The predicted molar refractivity (Wildman–Crippen MR) is 155 cm³/mol. The third kappa shape index (κ3) is 4.37. The van der Waals surface area contributed by atoms with Gasteiger partial charge in [-0.1, -0.05) is 48.0 Å². The van der Waals surface area contributed by atoms with Crippen molar-refractivity contribution < 1.29 is 14.3 Å². The van der Waals surface area contributed by atoms with Crippen molar-refractivity contribution in [2.45, 2.75) is 26.4 Å². The third-order valence-electron chi connectivity index (χ3n) is 7.34. The van der Waals surface area contributed by atoms with Crippen LogP contribution in [0.1, 0.15) is 34.1 Å². The van der Waals surface area contributed by atoms with Crippen molar-refractivity contribution in [3.05, 3.63) is 119 Å². The lowest BCUT2D eigenvalue weighted by atomic mass is 10.00. The number of hydrogen-bond acceptors (Lipinski definition) is 4. The molecular weight excluding hydrogens is 502 g/mol. The van der Waals surface area contributed by atoms with Gasteiger partial charge in [0.1, 0.15) is 5.82 Å². The first-order chi connectivity index (χ1) is 19.5. The van der Waals surface area contributed by atoms with E-state index in [1.165, 1.54) is 0 Å². The molecular formula is C32H31N5O3. The van der Waals surface area contributed by atoms with Crippen LogP contribution in [0.4, 0.5) is 10.5 Å². The number of aromatic nitrogens is 3. The summed E-state index contributed by atoms with van der Waals surface area (Å²) < 4.78 is 15.0. The molecule has 2 amide bonds. The van der Waals surface area contributed by atoms with E-state index < -0.39 is 0 Å². The Morgan fingerprint density at radius 3 is 2.45 bits per heavy atom. The molecule has 8 nitrogen and oxygen atoms in total. The number of urea groups is 1. The van der Waals surface area contributed by atoms with Crippen molar-refractivity contribution >= 4 is 11.7 Å². The maximum Gasteiger partial charge on any atom is 0.322 e. The van der Waals surface area contributed by atoms with Crippen LogP contribution < -0.4 is 14.8 Å². The van der Waals surface area contributed by atoms with Gasteiger partial charge in [0, 0.05) is 23.5 Å². The van der Waals surface area contributed by atoms with Crippen LogP contribution in [0.2, 0.25) is 0 Å². The fourth-order valence-electron chi connectivity index (χ4n) is 5.45. The van der Waals surface area contributed by atoms with Gasteiger partial charge in [0.05, 0.1) is 43.9 Å². The van der Waals surface area contributed by atoms with E-state index in [0.29, 0.717) is 23.7 Å². The second kappa shape index (κ2) is 10.3. The van der Waals surface area contributed by atoms with Crippen LogP contribution in [-0.2, 0) is 6.54 Å². The van der Waals surface area contributed by atoms with E-state index >= 15 is 0 Å². The maximum absolute atomic E-state index is 14.2. The second-order valence-electron chi connectivity index (χ2n) is 9.88. The van der Waals surface area contributed by atoms with Gasteiger partial charge in [0.25, 0.3) is 0 Å². The Balaban J connectivity index is 1.50. The normalized spacial score (nSPS) is 14.2. The number of fused-ring (bicyclic) bond motifs is 3. The Labute approximate surface area is 233 Å². The fraction of sp³-hybridized carbons (Fsp3) is 0.188. The third-order valence-corrected chi connectivity index (χ3v) is 7.34. The van der Waals surface area contributed by atoms with Crippen LogP contribution in [-0.4, -0.2) is 39.5 Å². The highest BCUT2D eigenvalue weighted by Gasteiger charge is 2.36. The summed E-state index contributed by atoms with van der Waals surface area (Å²) in [7, 11) is 3.17. The van der Waals surface area contributed by atoms with Crippen LogP contribution in [0.25, 0.3) is 11.5 Å². The molecule has 0 unspecified atom stereocenters. The summed E-state index contributed by atoms with van der Waals surface area (Å²) in [6, 6.07) is 27.3. The summed E-state index contributed by atoms with van der Waals surface area (Å²) >= 11 is 0. The molecule has 0 bridgehead atoms. The molecule has 1 aliphatic heterocycles. The van der Waals surface area contributed by atoms with E-state index in [9.17, 15) is 4.79 Å². The number of nitrogens with zero attached hydrogens (tertiary/aromatic N) is 4. The zero-order valence-corrected chi connectivity index (χ0v) is 23.0. The Morgan fingerprint density at radius 2 is 1.70 bits per heavy atom. The van der Waals surface area contributed by atoms with Gasteiger partial charge in [0.15, 0.2) is 11.5 Å². The van der Waals surface area contributed by atoms with Gasteiger partial charge in [-0.05, 0) is 55.8 Å². The molecule has 6 rings (SSSR count). The minimum absolute atomic E-state index is 0.230. The lowest BCUT2D eigenvalue weighted by Crippen LogP contribution is -2.38.